The third kappa shape index (κ3) is 3.23. The number of amides is 4. The zero-order valence-corrected chi connectivity index (χ0v) is 15.7. The Balaban J connectivity index is 2.03. The van der Waals surface area contributed by atoms with E-state index >= 15 is 0 Å². The summed E-state index contributed by atoms with van der Waals surface area (Å²) >= 11 is 0. The second-order valence-electron chi connectivity index (χ2n) is 6.23. The summed E-state index contributed by atoms with van der Waals surface area (Å²) in [7, 11) is 1.61. The van der Waals surface area contributed by atoms with E-state index in [1.165, 1.54) is 6.08 Å². The molecule has 1 aliphatic heterocycles. The zero-order chi connectivity index (χ0) is 19.7. The van der Waals surface area contributed by atoms with Crippen LogP contribution < -0.4 is 10.1 Å². The molecule has 2 heterocycles. The lowest BCUT2D eigenvalue weighted by atomic mass is 10.1. The SMILES string of the molecule is CCN1C(=O)NC(=O)/C(=C\c2cc(C)n(-c3ccc(OC)cc3)c2C)C1=O. The number of urea groups is 1. The second kappa shape index (κ2) is 7.11. The van der Waals surface area contributed by atoms with Gasteiger partial charge < -0.3 is 9.30 Å². The number of aromatic nitrogens is 1. The summed E-state index contributed by atoms with van der Waals surface area (Å²) in [6.45, 7) is 5.74. The number of methoxy groups -OCH3 is 1. The van der Waals surface area contributed by atoms with Crippen LogP contribution in [0.1, 0.15) is 23.9 Å². The van der Waals surface area contributed by atoms with Crippen molar-refractivity contribution >= 4 is 23.9 Å². The van der Waals surface area contributed by atoms with Crippen LogP contribution in [-0.4, -0.2) is 41.0 Å². The van der Waals surface area contributed by atoms with Gasteiger partial charge in [0.1, 0.15) is 11.3 Å². The van der Waals surface area contributed by atoms with Crippen molar-refractivity contribution in [2.24, 2.45) is 0 Å². The van der Waals surface area contributed by atoms with E-state index in [4.69, 9.17) is 4.74 Å². The molecule has 0 aliphatic carbocycles. The van der Waals surface area contributed by atoms with Gasteiger partial charge in [-0.15, -0.1) is 0 Å². The fourth-order valence-corrected chi connectivity index (χ4v) is 3.20. The molecule has 140 valence electrons. The van der Waals surface area contributed by atoms with Gasteiger partial charge in [-0.1, -0.05) is 0 Å². The number of rotatable bonds is 4. The van der Waals surface area contributed by atoms with E-state index in [-0.39, 0.29) is 12.1 Å². The predicted octanol–water partition coefficient (Wildman–Crippen LogP) is 2.58. The summed E-state index contributed by atoms with van der Waals surface area (Å²) in [5.74, 6) is -0.498. The Kier molecular flexibility index (Phi) is 4.85. The first kappa shape index (κ1) is 18.4. The highest BCUT2D eigenvalue weighted by atomic mass is 16.5. The lowest BCUT2D eigenvalue weighted by Crippen LogP contribution is -2.53. The molecular formula is C20H21N3O4. The maximum absolute atomic E-state index is 12.5. The molecule has 1 saturated heterocycles. The van der Waals surface area contributed by atoms with E-state index in [1.807, 2.05) is 48.7 Å². The summed E-state index contributed by atoms with van der Waals surface area (Å²) in [5, 5.41) is 2.20. The number of ether oxygens (including phenoxy) is 1. The highest BCUT2D eigenvalue weighted by Crippen LogP contribution is 2.25. The molecule has 0 spiro atoms. The quantitative estimate of drug-likeness (QED) is 0.665. The van der Waals surface area contributed by atoms with E-state index < -0.39 is 17.8 Å². The lowest BCUT2D eigenvalue weighted by molar-refractivity contribution is -0.129. The number of carbonyl (C=O) groups is 3. The maximum atomic E-state index is 12.5. The van der Waals surface area contributed by atoms with Crippen molar-refractivity contribution in [3.05, 3.63) is 52.9 Å². The standard InChI is InChI=1S/C20H21N3O4/c1-5-22-19(25)17(18(24)21-20(22)26)11-14-10-12(2)23(13(14)3)15-6-8-16(27-4)9-7-15/h6-11H,5H2,1-4H3,(H,21,24,26)/b17-11+. The summed E-state index contributed by atoms with van der Waals surface area (Å²) < 4.78 is 7.22. The molecule has 27 heavy (non-hydrogen) atoms. The lowest BCUT2D eigenvalue weighted by Gasteiger charge is -2.24. The highest BCUT2D eigenvalue weighted by Gasteiger charge is 2.34. The van der Waals surface area contributed by atoms with Crippen molar-refractivity contribution in [2.45, 2.75) is 20.8 Å². The molecule has 0 radical (unpaired) electrons. The van der Waals surface area contributed by atoms with Gasteiger partial charge in [-0.3, -0.25) is 19.8 Å². The van der Waals surface area contributed by atoms with Crippen LogP contribution in [0.5, 0.6) is 5.75 Å². The van der Waals surface area contributed by atoms with Crippen LogP contribution in [0.15, 0.2) is 35.9 Å². The normalized spacial score (nSPS) is 16.1. The number of nitrogens with zero attached hydrogens (tertiary/aromatic N) is 2. The summed E-state index contributed by atoms with van der Waals surface area (Å²) in [6, 6.07) is 8.83. The fourth-order valence-electron chi connectivity index (χ4n) is 3.20. The Morgan fingerprint density at radius 2 is 1.78 bits per heavy atom. The van der Waals surface area contributed by atoms with Crippen molar-refractivity contribution in [3.63, 3.8) is 0 Å². The molecule has 7 nitrogen and oxygen atoms in total. The molecule has 3 rings (SSSR count). The number of benzene rings is 1. The van der Waals surface area contributed by atoms with Crippen LogP contribution in [0, 0.1) is 13.8 Å². The Morgan fingerprint density at radius 1 is 1.11 bits per heavy atom. The van der Waals surface area contributed by atoms with Crippen LogP contribution in [0.25, 0.3) is 11.8 Å². The smallest absolute Gasteiger partial charge is 0.331 e. The van der Waals surface area contributed by atoms with Crippen molar-refractivity contribution in [1.82, 2.24) is 14.8 Å². The van der Waals surface area contributed by atoms with Crippen LogP contribution >= 0.6 is 0 Å². The van der Waals surface area contributed by atoms with Gasteiger partial charge >= 0.3 is 6.03 Å². The van der Waals surface area contributed by atoms with Crippen molar-refractivity contribution in [2.75, 3.05) is 13.7 Å². The molecule has 0 bridgehead atoms. The van der Waals surface area contributed by atoms with Gasteiger partial charge in [0.05, 0.1) is 7.11 Å². The van der Waals surface area contributed by atoms with Gasteiger partial charge in [0, 0.05) is 23.6 Å². The van der Waals surface area contributed by atoms with Gasteiger partial charge in [-0.2, -0.15) is 0 Å². The van der Waals surface area contributed by atoms with E-state index in [2.05, 4.69) is 5.32 Å². The van der Waals surface area contributed by atoms with Gasteiger partial charge in [-0.25, -0.2) is 4.79 Å². The monoisotopic (exact) mass is 367 g/mol. The molecule has 7 heteroatoms. The molecule has 1 fully saturated rings. The van der Waals surface area contributed by atoms with Crippen LogP contribution in [0.4, 0.5) is 4.79 Å². The average molecular weight is 367 g/mol. The van der Waals surface area contributed by atoms with Crippen LogP contribution in [0.3, 0.4) is 0 Å². The van der Waals surface area contributed by atoms with Gasteiger partial charge in [0.25, 0.3) is 11.8 Å². The number of nitrogens with one attached hydrogen (secondary N) is 1. The maximum Gasteiger partial charge on any atom is 0.331 e. The van der Waals surface area contributed by atoms with Crippen LogP contribution in [-0.2, 0) is 9.59 Å². The van der Waals surface area contributed by atoms with E-state index in [9.17, 15) is 14.4 Å². The van der Waals surface area contributed by atoms with Gasteiger partial charge in [0.2, 0.25) is 0 Å². The minimum atomic E-state index is -0.687. The van der Waals surface area contributed by atoms with Crippen molar-refractivity contribution < 1.29 is 19.1 Å². The minimum Gasteiger partial charge on any atom is -0.497 e. The number of barbiturate groups is 1. The molecule has 0 atom stereocenters. The molecular weight excluding hydrogens is 346 g/mol. The van der Waals surface area contributed by atoms with Gasteiger partial charge in [-0.05, 0) is 62.7 Å². The summed E-state index contributed by atoms with van der Waals surface area (Å²) in [4.78, 5) is 37.4. The number of hydrogen-bond donors (Lipinski definition) is 1. The highest BCUT2D eigenvalue weighted by molar-refractivity contribution is 6.31. The van der Waals surface area contributed by atoms with Gasteiger partial charge in [0.15, 0.2) is 0 Å². The molecule has 4 amide bonds. The van der Waals surface area contributed by atoms with Crippen molar-refractivity contribution in [1.29, 1.82) is 0 Å². The molecule has 2 aromatic rings. The third-order valence-electron chi connectivity index (χ3n) is 4.60. The van der Waals surface area contributed by atoms with E-state index in [0.717, 1.165) is 33.3 Å². The molecule has 1 aromatic carbocycles. The summed E-state index contributed by atoms with van der Waals surface area (Å²) in [5.41, 5.74) is 3.47. The third-order valence-corrected chi connectivity index (χ3v) is 4.60. The minimum absolute atomic E-state index is 0.0496. The Hall–Kier alpha value is -3.35. The first-order valence-corrected chi connectivity index (χ1v) is 8.59. The number of imide groups is 2. The number of carbonyl (C=O) groups excluding carboxylic acids is 3. The van der Waals surface area contributed by atoms with E-state index in [0.29, 0.717) is 0 Å². The Morgan fingerprint density at radius 3 is 2.37 bits per heavy atom. The zero-order valence-electron chi connectivity index (χ0n) is 15.7. The first-order valence-electron chi connectivity index (χ1n) is 8.59. The molecule has 1 N–H and O–H groups in total. The van der Waals surface area contributed by atoms with E-state index in [1.54, 1.807) is 14.0 Å². The first-order chi connectivity index (χ1) is 12.9. The largest absolute Gasteiger partial charge is 0.497 e. The predicted molar refractivity (Wildman–Crippen MR) is 101 cm³/mol. The molecule has 1 aliphatic rings. The average Bonchev–Trinajstić information content (AvgIpc) is 2.92. The Bertz CT molecular complexity index is 954. The fraction of sp³-hybridized carbons (Fsp3) is 0.250. The Labute approximate surface area is 157 Å². The molecule has 1 aromatic heterocycles. The van der Waals surface area contributed by atoms with Crippen LogP contribution in [0.2, 0.25) is 0 Å². The molecule has 0 unspecified atom stereocenters. The second-order valence-corrected chi connectivity index (χ2v) is 6.23. The van der Waals surface area contributed by atoms with Crippen molar-refractivity contribution in [3.8, 4) is 11.4 Å². The summed E-state index contributed by atoms with van der Waals surface area (Å²) in [6.07, 6.45) is 1.54. The number of likely N-dealkylation sites (N-methyl/N-ethyl adjacent to an activating group) is 1. The molecule has 0 saturated carbocycles. The number of hydrogen-bond acceptors (Lipinski definition) is 4. The topological polar surface area (TPSA) is 80.6 Å². The number of aryl methyl sites for hydroxylation is 1.